The average molecular weight is 208 g/mol. The molecule has 84 valence electrons. The molecule has 0 aromatic heterocycles. The van der Waals surface area contributed by atoms with Crippen LogP contribution in [0.15, 0.2) is 0 Å². The van der Waals surface area contributed by atoms with Crippen molar-refractivity contribution >= 4 is 0 Å². The van der Waals surface area contributed by atoms with Crippen molar-refractivity contribution < 1.29 is 4.74 Å². The minimum Gasteiger partial charge on any atom is -0.365 e. The van der Waals surface area contributed by atoms with Gasteiger partial charge in [0.2, 0.25) is 0 Å². The van der Waals surface area contributed by atoms with Crippen molar-refractivity contribution in [2.75, 3.05) is 32.8 Å². The summed E-state index contributed by atoms with van der Waals surface area (Å²) in [6, 6.07) is 0.763. The summed E-state index contributed by atoms with van der Waals surface area (Å²) >= 11 is 0. The van der Waals surface area contributed by atoms with Gasteiger partial charge in [-0.05, 0) is 25.8 Å². The van der Waals surface area contributed by atoms with Gasteiger partial charge in [0.25, 0.3) is 0 Å². The van der Waals surface area contributed by atoms with E-state index in [0.29, 0.717) is 12.7 Å². The van der Waals surface area contributed by atoms with E-state index in [9.17, 15) is 0 Å². The maximum absolute atomic E-state index is 5.56. The molecular weight excluding hydrogens is 188 g/mol. The van der Waals surface area contributed by atoms with Gasteiger partial charge in [0.05, 0.1) is 6.10 Å². The number of hydrogen-bond donors (Lipinski definition) is 1. The fraction of sp³-hybridized carbons (Fsp3) is 0.833. The molecule has 15 heavy (non-hydrogen) atoms. The smallest absolute Gasteiger partial charge is 0.107 e. The van der Waals surface area contributed by atoms with E-state index in [2.05, 4.69) is 16.1 Å². The number of ether oxygens (including phenoxy) is 1. The first kappa shape index (κ1) is 10.9. The minimum atomic E-state index is 0.395. The van der Waals surface area contributed by atoms with Crippen molar-refractivity contribution in [2.45, 2.75) is 31.4 Å². The molecule has 0 bridgehead atoms. The number of rotatable bonds is 3. The van der Waals surface area contributed by atoms with Gasteiger partial charge in [0, 0.05) is 25.7 Å². The Morgan fingerprint density at radius 3 is 2.73 bits per heavy atom. The molecule has 0 spiro atoms. The molecule has 3 nitrogen and oxygen atoms in total. The third-order valence-corrected chi connectivity index (χ3v) is 3.43. The first-order chi connectivity index (χ1) is 7.40. The van der Waals surface area contributed by atoms with Gasteiger partial charge in [0.1, 0.15) is 6.61 Å². The van der Waals surface area contributed by atoms with Gasteiger partial charge in [-0.15, -0.1) is 6.42 Å². The van der Waals surface area contributed by atoms with Crippen LogP contribution in [0.3, 0.4) is 0 Å². The number of likely N-dealkylation sites (tertiary alicyclic amines) is 1. The van der Waals surface area contributed by atoms with E-state index in [1.54, 1.807) is 0 Å². The lowest BCUT2D eigenvalue weighted by Crippen LogP contribution is -2.44. The van der Waals surface area contributed by atoms with Crippen molar-refractivity contribution in [1.29, 1.82) is 0 Å². The number of nitrogens with one attached hydrogen (secondary N) is 1. The first-order valence-electron chi connectivity index (χ1n) is 5.90. The average Bonchev–Trinajstić information content (AvgIpc) is 2.80. The van der Waals surface area contributed by atoms with Crippen LogP contribution < -0.4 is 5.32 Å². The summed E-state index contributed by atoms with van der Waals surface area (Å²) in [5, 5.41) is 3.42. The topological polar surface area (TPSA) is 24.5 Å². The Morgan fingerprint density at radius 2 is 2.13 bits per heavy atom. The highest BCUT2D eigenvalue weighted by atomic mass is 16.5. The molecule has 2 fully saturated rings. The van der Waals surface area contributed by atoms with Crippen molar-refractivity contribution in [3.63, 3.8) is 0 Å². The summed E-state index contributed by atoms with van der Waals surface area (Å²) in [4.78, 5) is 2.59. The second kappa shape index (κ2) is 5.50. The molecule has 2 rings (SSSR count). The Morgan fingerprint density at radius 1 is 1.33 bits per heavy atom. The lowest BCUT2D eigenvalue weighted by molar-refractivity contribution is 0.0153. The summed E-state index contributed by atoms with van der Waals surface area (Å²) in [5.74, 6) is 2.54. The second-order valence-electron chi connectivity index (χ2n) is 4.40. The Balaban J connectivity index is 1.69. The van der Waals surface area contributed by atoms with Crippen LogP contribution in [-0.4, -0.2) is 49.8 Å². The fourth-order valence-electron chi connectivity index (χ4n) is 2.52. The Labute approximate surface area is 92.2 Å². The van der Waals surface area contributed by atoms with Gasteiger partial charge in [0.15, 0.2) is 0 Å². The molecule has 3 heteroatoms. The zero-order valence-electron chi connectivity index (χ0n) is 9.24. The van der Waals surface area contributed by atoms with Crippen LogP contribution in [0.4, 0.5) is 0 Å². The standard InChI is InChI=1S/C12H20N2O/c1-2-9-15-12-4-7-14(8-5-12)11-3-6-13-10-11/h1,11-13H,3-10H2. The predicted molar refractivity (Wildman–Crippen MR) is 60.7 cm³/mol. The van der Waals surface area contributed by atoms with Crippen LogP contribution in [-0.2, 0) is 4.74 Å². The summed E-state index contributed by atoms with van der Waals surface area (Å²) in [6.07, 6.45) is 9.15. The first-order valence-corrected chi connectivity index (χ1v) is 5.90. The van der Waals surface area contributed by atoms with E-state index in [1.807, 2.05) is 0 Å². The molecule has 1 N–H and O–H groups in total. The van der Waals surface area contributed by atoms with E-state index in [1.165, 1.54) is 26.1 Å². The third-order valence-electron chi connectivity index (χ3n) is 3.43. The third kappa shape index (κ3) is 2.94. The van der Waals surface area contributed by atoms with Crippen molar-refractivity contribution in [3.8, 4) is 12.3 Å². The van der Waals surface area contributed by atoms with Crippen LogP contribution in [0.25, 0.3) is 0 Å². The van der Waals surface area contributed by atoms with Crippen molar-refractivity contribution in [2.24, 2.45) is 0 Å². The van der Waals surface area contributed by atoms with Gasteiger partial charge < -0.3 is 10.1 Å². The highest BCUT2D eigenvalue weighted by molar-refractivity contribution is 4.86. The Bertz CT molecular complexity index is 222. The van der Waals surface area contributed by atoms with E-state index in [4.69, 9.17) is 11.2 Å². The molecule has 0 amide bonds. The molecule has 0 aliphatic carbocycles. The molecule has 2 aliphatic heterocycles. The molecule has 2 heterocycles. The second-order valence-corrected chi connectivity index (χ2v) is 4.40. The normalized spacial score (nSPS) is 29.1. The monoisotopic (exact) mass is 208 g/mol. The van der Waals surface area contributed by atoms with Gasteiger partial charge in [-0.2, -0.15) is 0 Å². The predicted octanol–water partition coefficient (Wildman–Crippen LogP) is 0.463. The quantitative estimate of drug-likeness (QED) is 0.682. The van der Waals surface area contributed by atoms with E-state index in [0.717, 1.165) is 25.4 Å². The SMILES string of the molecule is C#CCOC1CCN(C2CCNC2)CC1. The summed E-state index contributed by atoms with van der Waals surface area (Å²) in [6.45, 7) is 5.15. The molecule has 0 radical (unpaired) electrons. The number of terminal acetylenes is 1. The molecule has 2 saturated heterocycles. The minimum absolute atomic E-state index is 0.395. The fourth-order valence-corrected chi connectivity index (χ4v) is 2.52. The molecule has 1 atom stereocenters. The maximum atomic E-state index is 5.56. The Kier molecular flexibility index (Phi) is 4.01. The Hall–Kier alpha value is -0.560. The van der Waals surface area contributed by atoms with Crippen LogP contribution >= 0.6 is 0 Å². The van der Waals surface area contributed by atoms with Gasteiger partial charge in [-0.3, -0.25) is 4.90 Å². The molecule has 0 aromatic carbocycles. The lowest BCUT2D eigenvalue weighted by atomic mass is 10.1. The maximum Gasteiger partial charge on any atom is 0.107 e. The summed E-state index contributed by atoms with van der Waals surface area (Å²) in [5.41, 5.74) is 0. The van der Waals surface area contributed by atoms with Crippen LogP contribution in [0.2, 0.25) is 0 Å². The molecule has 0 aromatic rings. The number of hydrogen-bond acceptors (Lipinski definition) is 3. The molecule has 2 aliphatic rings. The highest BCUT2D eigenvalue weighted by Crippen LogP contribution is 2.18. The molecular formula is C12H20N2O. The molecule has 1 unspecified atom stereocenters. The van der Waals surface area contributed by atoms with Crippen LogP contribution in [0, 0.1) is 12.3 Å². The van der Waals surface area contributed by atoms with E-state index >= 15 is 0 Å². The number of piperidine rings is 1. The van der Waals surface area contributed by atoms with Crippen LogP contribution in [0.1, 0.15) is 19.3 Å². The van der Waals surface area contributed by atoms with Gasteiger partial charge in [-0.25, -0.2) is 0 Å². The van der Waals surface area contributed by atoms with Gasteiger partial charge in [-0.1, -0.05) is 5.92 Å². The largest absolute Gasteiger partial charge is 0.365 e. The summed E-state index contributed by atoms with van der Waals surface area (Å²) in [7, 11) is 0. The highest BCUT2D eigenvalue weighted by Gasteiger charge is 2.26. The summed E-state index contributed by atoms with van der Waals surface area (Å²) < 4.78 is 5.56. The van der Waals surface area contributed by atoms with Gasteiger partial charge >= 0.3 is 0 Å². The number of nitrogens with zero attached hydrogens (tertiary/aromatic N) is 1. The van der Waals surface area contributed by atoms with Crippen LogP contribution in [0.5, 0.6) is 0 Å². The zero-order valence-corrected chi connectivity index (χ0v) is 9.24. The molecule has 0 saturated carbocycles. The van der Waals surface area contributed by atoms with Crippen molar-refractivity contribution in [1.82, 2.24) is 10.2 Å². The van der Waals surface area contributed by atoms with Crippen molar-refractivity contribution in [3.05, 3.63) is 0 Å². The van der Waals surface area contributed by atoms with E-state index < -0.39 is 0 Å². The lowest BCUT2D eigenvalue weighted by Gasteiger charge is -2.35. The van der Waals surface area contributed by atoms with E-state index in [-0.39, 0.29) is 0 Å². The zero-order chi connectivity index (χ0) is 10.5.